The molecular weight excluding hydrogens is 264 g/mol. The van der Waals surface area contributed by atoms with Crippen molar-refractivity contribution in [2.75, 3.05) is 31.9 Å². The van der Waals surface area contributed by atoms with Crippen LogP contribution in [-0.2, 0) is 0 Å². The van der Waals surface area contributed by atoms with Crippen LogP contribution in [0.15, 0.2) is 18.3 Å². The molecular formula is C16H24N4O. The summed E-state index contributed by atoms with van der Waals surface area (Å²) in [6, 6.07) is 4.19. The maximum absolute atomic E-state index is 12.5. The zero-order valence-electron chi connectivity index (χ0n) is 12.5. The Morgan fingerprint density at radius 3 is 2.52 bits per heavy atom. The van der Waals surface area contributed by atoms with Gasteiger partial charge in [0.25, 0.3) is 5.91 Å². The van der Waals surface area contributed by atoms with E-state index in [9.17, 15) is 4.79 Å². The molecule has 0 spiro atoms. The van der Waals surface area contributed by atoms with Crippen LogP contribution in [0.2, 0.25) is 0 Å². The molecule has 0 atom stereocenters. The van der Waals surface area contributed by atoms with Crippen molar-refractivity contribution in [3.8, 4) is 0 Å². The van der Waals surface area contributed by atoms with Crippen molar-refractivity contribution in [2.45, 2.75) is 38.1 Å². The van der Waals surface area contributed by atoms with Gasteiger partial charge in [0.05, 0.1) is 5.56 Å². The van der Waals surface area contributed by atoms with E-state index in [0.717, 1.165) is 25.9 Å². The second-order valence-corrected chi connectivity index (χ2v) is 6.06. The number of pyridine rings is 1. The predicted molar refractivity (Wildman–Crippen MR) is 83.0 cm³/mol. The Labute approximate surface area is 126 Å². The molecule has 0 saturated carbocycles. The molecule has 0 unspecified atom stereocenters. The number of hydrogen-bond acceptors (Lipinski definition) is 4. The van der Waals surface area contributed by atoms with E-state index in [-0.39, 0.29) is 5.91 Å². The summed E-state index contributed by atoms with van der Waals surface area (Å²) in [7, 11) is 0. The average molecular weight is 288 g/mol. The maximum atomic E-state index is 12.5. The number of nitrogen functional groups attached to an aromatic ring is 1. The first kappa shape index (κ1) is 14.3. The zero-order valence-corrected chi connectivity index (χ0v) is 12.5. The fraction of sp³-hybridized carbons (Fsp3) is 0.625. The van der Waals surface area contributed by atoms with Crippen molar-refractivity contribution in [1.29, 1.82) is 0 Å². The van der Waals surface area contributed by atoms with E-state index in [1.807, 2.05) is 4.90 Å². The Balaban J connectivity index is 1.58. The molecule has 1 amide bonds. The quantitative estimate of drug-likeness (QED) is 0.900. The zero-order chi connectivity index (χ0) is 14.7. The van der Waals surface area contributed by atoms with Gasteiger partial charge < -0.3 is 15.5 Å². The summed E-state index contributed by atoms with van der Waals surface area (Å²) in [5.41, 5.74) is 6.34. The van der Waals surface area contributed by atoms with Crippen molar-refractivity contribution >= 4 is 11.7 Å². The molecule has 0 radical (unpaired) electrons. The summed E-state index contributed by atoms with van der Waals surface area (Å²) < 4.78 is 0. The molecule has 2 aliphatic rings. The minimum Gasteiger partial charge on any atom is -0.383 e. The van der Waals surface area contributed by atoms with Crippen LogP contribution in [0, 0.1) is 0 Å². The highest BCUT2D eigenvalue weighted by Crippen LogP contribution is 2.22. The van der Waals surface area contributed by atoms with E-state index in [4.69, 9.17) is 5.73 Å². The number of aromatic nitrogens is 1. The van der Waals surface area contributed by atoms with Crippen LogP contribution < -0.4 is 5.73 Å². The van der Waals surface area contributed by atoms with Gasteiger partial charge in [0.2, 0.25) is 0 Å². The summed E-state index contributed by atoms with van der Waals surface area (Å²) in [4.78, 5) is 21.0. The number of hydrogen-bond donors (Lipinski definition) is 1. The molecule has 5 heteroatoms. The lowest BCUT2D eigenvalue weighted by Crippen LogP contribution is -2.48. The van der Waals surface area contributed by atoms with Gasteiger partial charge in [-0.25, -0.2) is 4.98 Å². The molecule has 5 nitrogen and oxygen atoms in total. The molecule has 3 rings (SSSR count). The Hall–Kier alpha value is -1.62. The number of anilines is 1. The molecule has 0 aliphatic carbocycles. The highest BCUT2D eigenvalue weighted by molar-refractivity contribution is 5.98. The largest absolute Gasteiger partial charge is 0.383 e. The standard InChI is InChI=1S/C16H24N4O/c17-15-14(5-4-8-18-15)16(21)20-11-6-13(7-12-20)19-9-2-1-3-10-19/h4-5,8,13H,1-3,6-7,9-12H2,(H2,17,18). The molecule has 0 aromatic carbocycles. The van der Waals surface area contributed by atoms with E-state index < -0.39 is 0 Å². The third kappa shape index (κ3) is 3.18. The van der Waals surface area contributed by atoms with Gasteiger partial charge in [-0.1, -0.05) is 6.42 Å². The normalized spacial score (nSPS) is 21.4. The summed E-state index contributed by atoms with van der Waals surface area (Å²) in [6.07, 6.45) is 7.79. The molecule has 2 saturated heterocycles. The van der Waals surface area contributed by atoms with Crippen LogP contribution >= 0.6 is 0 Å². The topological polar surface area (TPSA) is 62.5 Å². The molecule has 21 heavy (non-hydrogen) atoms. The number of amides is 1. The van der Waals surface area contributed by atoms with Crippen LogP contribution in [0.5, 0.6) is 0 Å². The number of piperidine rings is 2. The van der Waals surface area contributed by atoms with Gasteiger partial charge in [-0.05, 0) is 50.9 Å². The first-order valence-corrected chi connectivity index (χ1v) is 7.99. The first-order chi connectivity index (χ1) is 10.3. The second kappa shape index (κ2) is 6.43. The minimum atomic E-state index is 0.0256. The van der Waals surface area contributed by atoms with Crippen LogP contribution in [0.3, 0.4) is 0 Å². The maximum Gasteiger partial charge on any atom is 0.257 e. The van der Waals surface area contributed by atoms with Crippen molar-refractivity contribution in [2.24, 2.45) is 0 Å². The van der Waals surface area contributed by atoms with Gasteiger partial charge in [-0.3, -0.25) is 4.79 Å². The average Bonchev–Trinajstić information content (AvgIpc) is 2.56. The lowest BCUT2D eigenvalue weighted by molar-refractivity contribution is 0.0590. The molecule has 1 aromatic rings. The number of likely N-dealkylation sites (tertiary alicyclic amines) is 2. The van der Waals surface area contributed by atoms with E-state index in [2.05, 4.69) is 9.88 Å². The number of nitrogens with zero attached hydrogens (tertiary/aromatic N) is 3. The molecule has 2 N–H and O–H groups in total. The van der Waals surface area contributed by atoms with Gasteiger partial charge in [0.15, 0.2) is 0 Å². The lowest BCUT2D eigenvalue weighted by Gasteiger charge is -2.40. The van der Waals surface area contributed by atoms with E-state index >= 15 is 0 Å². The van der Waals surface area contributed by atoms with Crippen molar-refractivity contribution in [1.82, 2.24) is 14.8 Å². The van der Waals surface area contributed by atoms with Gasteiger partial charge in [-0.15, -0.1) is 0 Å². The molecule has 0 bridgehead atoms. The number of rotatable bonds is 2. The predicted octanol–water partition coefficient (Wildman–Crippen LogP) is 1.75. The van der Waals surface area contributed by atoms with Gasteiger partial charge in [0.1, 0.15) is 5.82 Å². The highest BCUT2D eigenvalue weighted by Gasteiger charge is 2.28. The van der Waals surface area contributed by atoms with Crippen molar-refractivity contribution < 1.29 is 4.79 Å². The lowest BCUT2D eigenvalue weighted by atomic mass is 9.99. The van der Waals surface area contributed by atoms with Crippen LogP contribution in [0.4, 0.5) is 5.82 Å². The van der Waals surface area contributed by atoms with Crippen molar-refractivity contribution in [3.63, 3.8) is 0 Å². The Morgan fingerprint density at radius 1 is 1.14 bits per heavy atom. The molecule has 3 heterocycles. The van der Waals surface area contributed by atoms with Gasteiger partial charge >= 0.3 is 0 Å². The van der Waals surface area contributed by atoms with E-state index in [1.165, 1.54) is 32.4 Å². The Kier molecular flexibility index (Phi) is 4.39. The smallest absolute Gasteiger partial charge is 0.257 e. The molecule has 114 valence electrons. The Morgan fingerprint density at radius 2 is 1.86 bits per heavy atom. The molecule has 1 aromatic heterocycles. The molecule has 2 fully saturated rings. The van der Waals surface area contributed by atoms with E-state index in [0.29, 0.717) is 17.4 Å². The summed E-state index contributed by atoms with van der Waals surface area (Å²) in [6.45, 7) is 4.12. The summed E-state index contributed by atoms with van der Waals surface area (Å²) in [5, 5.41) is 0. The van der Waals surface area contributed by atoms with Crippen molar-refractivity contribution in [3.05, 3.63) is 23.9 Å². The Bertz CT molecular complexity index is 491. The number of carbonyl (C=O) groups excluding carboxylic acids is 1. The third-order valence-corrected chi connectivity index (χ3v) is 4.73. The van der Waals surface area contributed by atoms with Crippen LogP contribution in [0.1, 0.15) is 42.5 Å². The summed E-state index contributed by atoms with van der Waals surface area (Å²) >= 11 is 0. The fourth-order valence-electron chi connectivity index (χ4n) is 3.49. The number of carbonyl (C=O) groups is 1. The second-order valence-electron chi connectivity index (χ2n) is 6.06. The minimum absolute atomic E-state index is 0.0256. The highest BCUT2D eigenvalue weighted by atomic mass is 16.2. The number of nitrogens with two attached hydrogens (primary N) is 1. The third-order valence-electron chi connectivity index (χ3n) is 4.73. The van der Waals surface area contributed by atoms with Crippen LogP contribution in [0.25, 0.3) is 0 Å². The van der Waals surface area contributed by atoms with Crippen LogP contribution in [-0.4, -0.2) is 52.9 Å². The fourth-order valence-corrected chi connectivity index (χ4v) is 3.49. The SMILES string of the molecule is Nc1ncccc1C(=O)N1CCC(N2CCCCC2)CC1. The molecule has 2 aliphatic heterocycles. The monoisotopic (exact) mass is 288 g/mol. The van der Waals surface area contributed by atoms with Gasteiger partial charge in [0, 0.05) is 25.3 Å². The van der Waals surface area contributed by atoms with Gasteiger partial charge in [-0.2, -0.15) is 0 Å². The first-order valence-electron chi connectivity index (χ1n) is 7.99. The summed E-state index contributed by atoms with van der Waals surface area (Å²) in [5.74, 6) is 0.360. The van der Waals surface area contributed by atoms with E-state index in [1.54, 1.807) is 18.3 Å².